The molecule has 2 aromatic carbocycles. The number of esters is 1. The van der Waals surface area contributed by atoms with Crippen LogP contribution in [-0.2, 0) is 19.9 Å². The normalized spacial score (nSPS) is 19.9. The Hall–Kier alpha value is -2.17. The molecule has 2 atom stereocenters. The van der Waals surface area contributed by atoms with E-state index in [0.717, 1.165) is 15.6 Å². The molecular weight excluding hydrogens is 416 g/mol. The van der Waals surface area contributed by atoms with Crippen LogP contribution in [0.1, 0.15) is 24.0 Å². The highest BCUT2D eigenvalue weighted by atomic mass is 79.9. The third kappa shape index (κ3) is 3.39. The smallest absolute Gasteiger partial charge is 0.331 e. The molecule has 0 bridgehead atoms. The van der Waals surface area contributed by atoms with Gasteiger partial charge in [-0.15, -0.1) is 0 Å². The van der Waals surface area contributed by atoms with Gasteiger partial charge in [-0.1, -0.05) is 58.4 Å². The van der Waals surface area contributed by atoms with E-state index in [4.69, 9.17) is 16.3 Å². The summed E-state index contributed by atoms with van der Waals surface area (Å²) in [5.74, 6) is -1.18. The predicted octanol–water partition coefficient (Wildman–Crippen LogP) is 5.34. The summed E-state index contributed by atoms with van der Waals surface area (Å²) in [6, 6.07) is 14.6. The van der Waals surface area contributed by atoms with Crippen LogP contribution in [0.5, 0.6) is 0 Å². The molecule has 0 radical (unpaired) electrons. The zero-order valence-electron chi connectivity index (χ0n) is 14.0. The third-order valence-corrected chi connectivity index (χ3v) is 5.25. The summed E-state index contributed by atoms with van der Waals surface area (Å²) in [6.07, 6.45) is 3.08. The molecule has 3 nitrogen and oxygen atoms in total. The van der Waals surface area contributed by atoms with E-state index in [2.05, 4.69) is 22.5 Å². The van der Waals surface area contributed by atoms with Crippen LogP contribution in [0.2, 0.25) is 5.02 Å². The summed E-state index contributed by atoms with van der Waals surface area (Å²) in [5, 5.41) is 0.572. The summed E-state index contributed by atoms with van der Waals surface area (Å²) in [7, 11) is 0. The topological polar surface area (TPSA) is 43.4 Å². The minimum atomic E-state index is -1.15. The van der Waals surface area contributed by atoms with Gasteiger partial charge in [0.25, 0.3) is 0 Å². The van der Waals surface area contributed by atoms with Crippen LogP contribution in [0.4, 0.5) is 0 Å². The Balaban J connectivity index is 2.23. The van der Waals surface area contributed by atoms with Gasteiger partial charge in [0.2, 0.25) is 0 Å². The second-order valence-electron chi connectivity index (χ2n) is 6.12. The minimum Gasteiger partial charge on any atom is -0.446 e. The van der Waals surface area contributed by atoms with Crippen molar-refractivity contribution in [2.24, 2.45) is 0 Å². The number of ketones is 1. The lowest BCUT2D eigenvalue weighted by molar-refractivity contribution is -0.148. The maximum absolute atomic E-state index is 12.2. The van der Waals surface area contributed by atoms with Gasteiger partial charge < -0.3 is 4.74 Å². The van der Waals surface area contributed by atoms with Crippen LogP contribution in [0.3, 0.4) is 0 Å². The van der Waals surface area contributed by atoms with Crippen molar-refractivity contribution in [3.05, 3.63) is 93.5 Å². The first-order valence-corrected chi connectivity index (χ1v) is 9.14. The van der Waals surface area contributed by atoms with E-state index in [1.54, 1.807) is 30.3 Å². The van der Waals surface area contributed by atoms with E-state index in [1.165, 1.54) is 13.0 Å². The molecular formula is C21H16BrClO3. The standard InChI is InChI=1S/C21H16BrClO3/c1-13(14(2)24)20(15-3-7-17(22)8-4-15)21(12-11-19(25)26-21)16-5-9-18(23)10-6-16/h3-12,20H,1H2,2H3/t20-,21+/m0/s1. The van der Waals surface area contributed by atoms with E-state index in [9.17, 15) is 9.59 Å². The zero-order chi connectivity index (χ0) is 18.9. The van der Waals surface area contributed by atoms with E-state index in [-0.39, 0.29) is 5.78 Å². The van der Waals surface area contributed by atoms with Crippen LogP contribution in [-0.4, -0.2) is 11.8 Å². The van der Waals surface area contributed by atoms with Gasteiger partial charge in [-0.05, 0) is 48.4 Å². The van der Waals surface area contributed by atoms with E-state index < -0.39 is 17.5 Å². The Morgan fingerprint density at radius 3 is 2.27 bits per heavy atom. The quantitative estimate of drug-likeness (QED) is 0.474. The first kappa shape index (κ1) is 18.6. The Labute approximate surface area is 165 Å². The molecule has 0 saturated heterocycles. The van der Waals surface area contributed by atoms with Crippen LogP contribution in [0, 0.1) is 0 Å². The fourth-order valence-electron chi connectivity index (χ4n) is 3.18. The number of hydrogen-bond donors (Lipinski definition) is 0. The Kier molecular flexibility index (Phi) is 5.17. The number of rotatable bonds is 5. The second-order valence-corrected chi connectivity index (χ2v) is 7.47. The largest absolute Gasteiger partial charge is 0.446 e. The molecule has 0 N–H and O–H groups in total. The zero-order valence-corrected chi connectivity index (χ0v) is 16.4. The molecule has 1 aliphatic rings. The van der Waals surface area contributed by atoms with Gasteiger partial charge >= 0.3 is 5.97 Å². The molecule has 5 heteroatoms. The fourth-order valence-corrected chi connectivity index (χ4v) is 3.57. The highest BCUT2D eigenvalue weighted by molar-refractivity contribution is 9.10. The molecule has 1 aliphatic heterocycles. The Morgan fingerprint density at radius 1 is 1.15 bits per heavy atom. The lowest BCUT2D eigenvalue weighted by Gasteiger charge is -2.36. The number of hydrogen-bond acceptors (Lipinski definition) is 3. The number of carbonyl (C=O) groups excluding carboxylic acids is 2. The average Bonchev–Trinajstić information content (AvgIpc) is 3.00. The SMILES string of the molecule is C=C(C(C)=O)[C@@H](c1ccc(Br)cc1)[C@]1(c2ccc(Cl)cc2)C=CC(=O)O1. The second kappa shape index (κ2) is 7.22. The Morgan fingerprint density at radius 2 is 1.77 bits per heavy atom. The number of cyclic esters (lactones) is 1. The first-order chi connectivity index (χ1) is 12.3. The molecule has 0 fully saturated rings. The van der Waals surface area contributed by atoms with Crippen LogP contribution >= 0.6 is 27.5 Å². The van der Waals surface area contributed by atoms with E-state index in [1.807, 2.05) is 24.3 Å². The highest BCUT2D eigenvalue weighted by Crippen LogP contribution is 2.48. The van der Waals surface area contributed by atoms with E-state index in [0.29, 0.717) is 10.6 Å². The lowest BCUT2D eigenvalue weighted by atomic mass is 9.73. The minimum absolute atomic E-state index is 0.164. The van der Waals surface area contributed by atoms with Crippen LogP contribution in [0.25, 0.3) is 0 Å². The third-order valence-electron chi connectivity index (χ3n) is 4.46. The maximum Gasteiger partial charge on any atom is 0.331 e. The number of benzene rings is 2. The molecule has 0 aromatic heterocycles. The molecule has 0 saturated carbocycles. The average molecular weight is 432 g/mol. The fraction of sp³-hybridized carbons (Fsp3) is 0.143. The van der Waals surface area contributed by atoms with Gasteiger partial charge in [0.05, 0.1) is 5.92 Å². The number of ether oxygens (including phenoxy) is 1. The van der Waals surface area contributed by atoms with Crippen molar-refractivity contribution in [2.45, 2.75) is 18.4 Å². The van der Waals surface area contributed by atoms with Crippen molar-refractivity contribution in [3.8, 4) is 0 Å². The summed E-state index contributed by atoms with van der Waals surface area (Å²) in [6.45, 7) is 5.46. The van der Waals surface area contributed by atoms with Gasteiger partial charge in [0.15, 0.2) is 11.4 Å². The first-order valence-electron chi connectivity index (χ1n) is 7.97. The summed E-state index contributed by atoms with van der Waals surface area (Å²) < 4.78 is 6.69. The number of carbonyl (C=O) groups is 2. The van der Waals surface area contributed by atoms with Crippen molar-refractivity contribution in [3.63, 3.8) is 0 Å². The predicted molar refractivity (Wildman–Crippen MR) is 105 cm³/mol. The maximum atomic E-state index is 12.2. The molecule has 1 heterocycles. The van der Waals surface area contributed by atoms with Crippen molar-refractivity contribution in [1.82, 2.24) is 0 Å². The molecule has 0 aliphatic carbocycles. The molecule has 0 unspecified atom stereocenters. The van der Waals surface area contributed by atoms with Crippen molar-refractivity contribution >= 4 is 39.3 Å². The van der Waals surface area contributed by atoms with Gasteiger partial charge in [0.1, 0.15) is 0 Å². The van der Waals surface area contributed by atoms with Crippen molar-refractivity contribution < 1.29 is 14.3 Å². The van der Waals surface area contributed by atoms with Crippen molar-refractivity contribution in [1.29, 1.82) is 0 Å². The van der Waals surface area contributed by atoms with Crippen LogP contribution in [0.15, 0.2) is 77.3 Å². The number of Topliss-reactive ketones (excluding diaryl/α,β-unsaturated/α-hetero) is 1. The monoisotopic (exact) mass is 430 g/mol. The van der Waals surface area contributed by atoms with Gasteiger partial charge in [-0.3, -0.25) is 4.79 Å². The summed E-state index contributed by atoms with van der Waals surface area (Å²) >= 11 is 9.43. The van der Waals surface area contributed by atoms with E-state index >= 15 is 0 Å². The van der Waals surface area contributed by atoms with Gasteiger partial charge in [-0.2, -0.15) is 0 Å². The molecule has 0 amide bonds. The molecule has 3 rings (SSSR count). The van der Waals surface area contributed by atoms with Gasteiger partial charge in [-0.25, -0.2) is 4.79 Å². The van der Waals surface area contributed by atoms with Crippen molar-refractivity contribution in [2.75, 3.05) is 0 Å². The molecule has 26 heavy (non-hydrogen) atoms. The number of halogens is 2. The molecule has 0 spiro atoms. The van der Waals surface area contributed by atoms with Gasteiger partial charge in [0, 0.05) is 21.1 Å². The summed E-state index contributed by atoms with van der Waals surface area (Å²) in [5.41, 5.74) is 0.752. The Bertz CT molecular complexity index is 900. The highest BCUT2D eigenvalue weighted by Gasteiger charge is 2.47. The summed E-state index contributed by atoms with van der Waals surface area (Å²) in [4.78, 5) is 24.2. The molecule has 132 valence electrons. The van der Waals surface area contributed by atoms with Crippen LogP contribution < -0.4 is 0 Å². The lowest BCUT2D eigenvalue weighted by Crippen LogP contribution is -2.35. The molecule has 2 aromatic rings.